The van der Waals surface area contributed by atoms with E-state index in [1.807, 2.05) is 17.5 Å². The molecule has 2 atom stereocenters. The average Bonchev–Trinajstić information content (AvgIpc) is 3.17. The lowest BCUT2D eigenvalue weighted by Crippen LogP contribution is -2.69. The van der Waals surface area contributed by atoms with Gasteiger partial charge in [-0.25, -0.2) is 15.4 Å². The molecule has 28 heavy (non-hydrogen) atoms. The molecule has 0 aliphatic carbocycles. The molecule has 0 bridgehead atoms. The largest absolute Gasteiger partial charge is 0.473 e. The fraction of sp³-hybridized carbons (Fsp3) is 0.312. The van der Waals surface area contributed by atoms with E-state index in [1.165, 1.54) is 23.1 Å². The van der Waals surface area contributed by atoms with Gasteiger partial charge in [0.25, 0.3) is 5.91 Å². The molecular formula is C16H18N5O5S2+. The van der Waals surface area contributed by atoms with Crippen LogP contribution in [0.2, 0.25) is 0 Å². The maximum Gasteiger partial charge on any atom is 0.419 e. The second-order valence-electron chi connectivity index (χ2n) is 6.02. The van der Waals surface area contributed by atoms with Crippen molar-refractivity contribution >= 4 is 52.5 Å². The van der Waals surface area contributed by atoms with Gasteiger partial charge < -0.3 is 16.2 Å². The molecule has 12 heteroatoms. The summed E-state index contributed by atoms with van der Waals surface area (Å²) < 4.78 is 1.11. The molecule has 1 aromatic heterocycles. The predicted molar refractivity (Wildman–Crippen MR) is 102 cm³/mol. The normalized spacial score (nSPS) is 22.5. The molecule has 10 nitrogen and oxygen atoms in total. The topological polar surface area (TPSA) is 159 Å². The SMILES string of the molecule is NCC(=O)N(N)C=C1CS[C@H]2C(NC(=O)Cc3cccs3)C(=O)[N+]2=C1C(=O)O. The van der Waals surface area contributed by atoms with Crippen LogP contribution in [0.15, 0.2) is 29.3 Å². The predicted octanol–water partition coefficient (Wildman–Crippen LogP) is -1.53. The first-order valence-electron chi connectivity index (χ1n) is 8.18. The number of carboxylic acid groups (broad SMARTS) is 1. The molecule has 1 saturated heterocycles. The molecule has 1 fully saturated rings. The number of rotatable bonds is 6. The number of amides is 3. The highest BCUT2D eigenvalue weighted by atomic mass is 32.2. The van der Waals surface area contributed by atoms with Crippen molar-refractivity contribution in [1.82, 2.24) is 10.3 Å². The zero-order chi connectivity index (χ0) is 20.4. The van der Waals surface area contributed by atoms with Crippen LogP contribution in [0.3, 0.4) is 0 Å². The number of β-lactam (4-membered cyclic amide) rings is 1. The molecule has 3 heterocycles. The van der Waals surface area contributed by atoms with E-state index in [4.69, 9.17) is 11.6 Å². The van der Waals surface area contributed by atoms with Gasteiger partial charge in [-0.1, -0.05) is 17.8 Å². The van der Waals surface area contributed by atoms with Crippen molar-refractivity contribution in [2.45, 2.75) is 17.8 Å². The Morgan fingerprint density at radius 1 is 1.43 bits per heavy atom. The Kier molecular flexibility index (Phi) is 5.93. The summed E-state index contributed by atoms with van der Waals surface area (Å²) in [6.07, 6.45) is 1.32. The molecule has 3 rings (SSSR count). The number of carbonyl (C=O) groups excluding carboxylic acids is 3. The first kappa shape index (κ1) is 20.2. The number of hydrazine groups is 1. The van der Waals surface area contributed by atoms with Crippen LogP contribution in [0, 0.1) is 0 Å². The van der Waals surface area contributed by atoms with E-state index in [1.54, 1.807) is 0 Å². The highest BCUT2D eigenvalue weighted by Crippen LogP contribution is 2.33. The average molecular weight is 424 g/mol. The van der Waals surface area contributed by atoms with Gasteiger partial charge >= 0.3 is 17.6 Å². The highest BCUT2D eigenvalue weighted by Gasteiger charge is 2.61. The molecule has 0 spiro atoms. The minimum absolute atomic E-state index is 0.156. The van der Waals surface area contributed by atoms with Crippen molar-refractivity contribution < 1.29 is 28.9 Å². The Labute approximate surface area is 167 Å². The first-order chi connectivity index (χ1) is 13.3. The van der Waals surface area contributed by atoms with E-state index < -0.39 is 29.2 Å². The van der Waals surface area contributed by atoms with Gasteiger partial charge in [0.15, 0.2) is 0 Å². The molecule has 2 aliphatic heterocycles. The third-order valence-corrected chi connectivity index (χ3v) is 6.37. The summed E-state index contributed by atoms with van der Waals surface area (Å²) in [7, 11) is 0. The molecule has 2 aliphatic rings. The monoisotopic (exact) mass is 424 g/mol. The van der Waals surface area contributed by atoms with Crippen LogP contribution in [0.5, 0.6) is 0 Å². The lowest BCUT2D eigenvalue weighted by Gasteiger charge is -2.34. The van der Waals surface area contributed by atoms with Gasteiger partial charge in [-0.2, -0.15) is 0 Å². The van der Waals surface area contributed by atoms with Gasteiger partial charge in [-0.3, -0.25) is 14.6 Å². The van der Waals surface area contributed by atoms with Crippen LogP contribution < -0.4 is 16.9 Å². The molecule has 1 unspecified atom stereocenters. The fourth-order valence-electron chi connectivity index (χ4n) is 2.88. The number of hydrogen-bond acceptors (Lipinski definition) is 8. The van der Waals surface area contributed by atoms with Crippen LogP contribution in [0.1, 0.15) is 4.88 Å². The summed E-state index contributed by atoms with van der Waals surface area (Å²) in [4.78, 5) is 48.8. The number of carbonyl (C=O) groups is 4. The minimum Gasteiger partial charge on any atom is -0.473 e. The van der Waals surface area contributed by atoms with Gasteiger partial charge in [0, 0.05) is 16.8 Å². The summed E-state index contributed by atoms with van der Waals surface area (Å²) in [5, 5.41) is 14.3. The molecule has 0 saturated carbocycles. The van der Waals surface area contributed by atoms with E-state index in [-0.39, 0.29) is 35.9 Å². The Balaban J connectivity index is 1.79. The first-order valence-corrected chi connectivity index (χ1v) is 10.1. The third-order valence-electron chi connectivity index (χ3n) is 4.19. The molecule has 6 N–H and O–H groups in total. The number of carboxylic acids is 1. The lowest BCUT2D eigenvalue weighted by atomic mass is 10.0. The van der Waals surface area contributed by atoms with Crippen LogP contribution in [-0.4, -0.2) is 67.8 Å². The summed E-state index contributed by atoms with van der Waals surface area (Å²) in [6, 6.07) is 2.86. The number of aliphatic carboxylic acids is 1. The van der Waals surface area contributed by atoms with Crippen molar-refractivity contribution in [3.63, 3.8) is 0 Å². The van der Waals surface area contributed by atoms with Crippen molar-refractivity contribution in [3.8, 4) is 0 Å². The summed E-state index contributed by atoms with van der Waals surface area (Å²) in [6.45, 7) is -0.334. The van der Waals surface area contributed by atoms with E-state index >= 15 is 0 Å². The summed E-state index contributed by atoms with van der Waals surface area (Å²) in [5.74, 6) is 3.03. The quantitative estimate of drug-likeness (QED) is 0.141. The van der Waals surface area contributed by atoms with Crippen LogP contribution in [-0.2, 0) is 25.6 Å². The molecule has 0 aromatic carbocycles. The summed E-state index contributed by atoms with van der Waals surface area (Å²) >= 11 is 2.72. The number of thiophene rings is 1. The number of nitrogens with two attached hydrogens (primary N) is 2. The maximum atomic E-state index is 12.5. The van der Waals surface area contributed by atoms with Crippen LogP contribution >= 0.6 is 23.1 Å². The van der Waals surface area contributed by atoms with Crippen molar-refractivity contribution in [3.05, 3.63) is 34.2 Å². The van der Waals surface area contributed by atoms with E-state index in [0.29, 0.717) is 5.01 Å². The second-order valence-corrected chi connectivity index (χ2v) is 8.16. The van der Waals surface area contributed by atoms with E-state index in [9.17, 15) is 24.3 Å². The Morgan fingerprint density at radius 3 is 2.79 bits per heavy atom. The number of fused-ring (bicyclic) bond motifs is 1. The van der Waals surface area contributed by atoms with Crippen LogP contribution in [0.4, 0.5) is 0 Å². The van der Waals surface area contributed by atoms with Gasteiger partial charge in [0.05, 0.1) is 18.5 Å². The second kappa shape index (κ2) is 8.22. The molecular weight excluding hydrogens is 406 g/mol. The maximum absolute atomic E-state index is 12.5. The van der Waals surface area contributed by atoms with Crippen LogP contribution in [0.25, 0.3) is 0 Å². The number of nitrogens with one attached hydrogen (secondary N) is 1. The fourth-order valence-corrected chi connectivity index (χ4v) is 4.88. The number of nitrogens with zero attached hydrogens (tertiary/aromatic N) is 2. The lowest BCUT2D eigenvalue weighted by molar-refractivity contribution is -0.510. The Morgan fingerprint density at radius 2 is 2.18 bits per heavy atom. The van der Waals surface area contributed by atoms with Gasteiger partial charge in [-0.15, -0.1) is 15.9 Å². The number of hydrogen-bond donors (Lipinski definition) is 4. The summed E-state index contributed by atoms with van der Waals surface area (Å²) in [5.41, 5.74) is 5.20. The minimum atomic E-state index is -1.32. The molecule has 148 valence electrons. The number of thioether (sulfide) groups is 1. The Hall–Kier alpha value is -2.54. The van der Waals surface area contributed by atoms with Gasteiger partial charge in [0.1, 0.15) is 0 Å². The molecule has 0 radical (unpaired) electrons. The molecule has 1 aromatic rings. The van der Waals surface area contributed by atoms with Crippen molar-refractivity contribution in [1.29, 1.82) is 0 Å². The van der Waals surface area contributed by atoms with Crippen molar-refractivity contribution in [2.75, 3.05) is 12.3 Å². The van der Waals surface area contributed by atoms with Crippen molar-refractivity contribution in [2.24, 2.45) is 11.6 Å². The van der Waals surface area contributed by atoms with Gasteiger partial charge in [-0.05, 0) is 11.4 Å². The smallest absolute Gasteiger partial charge is 0.419 e. The zero-order valence-corrected chi connectivity index (χ0v) is 16.2. The van der Waals surface area contributed by atoms with Gasteiger partial charge in [0.2, 0.25) is 17.3 Å². The third kappa shape index (κ3) is 3.85. The standard InChI is InChI=1S/C16H17N5O5S2/c17-5-11(23)20(18)6-8-7-28-15-12(14(24)21(15)13(8)16(25)26)19-10(22)4-9-2-1-3-27-9/h1-3,6,12,15H,4-5,7,17-18H2,(H-,19,22,25,26)/p+1/t12?,15-/m0/s1. The Bertz CT molecular complexity index is 895. The molecule has 3 amide bonds. The van der Waals surface area contributed by atoms with E-state index in [2.05, 4.69) is 5.32 Å². The highest BCUT2D eigenvalue weighted by molar-refractivity contribution is 8.00. The van der Waals surface area contributed by atoms with E-state index in [0.717, 1.165) is 15.7 Å². The zero-order valence-electron chi connectivity index (χ0n) is 14.5.